The molecule has 0 aliphatic rings. The Bertz CT molecular complexity index is 57.9. The van der Waals surface area contributed by atoms with Gasteiger partial charge in [0.15, 0.2) is 0 Å². The number of hydrogen-bond acceptors (Lipinski definition) is 6. The largest absolute Gasteiger partial charge is 0.870 e. The molecule has 0 spiro atoms. The van der Waals surface area contributed by atoms with Crippen molar-refractivity contribution in [3.63, 3.8) is 0 Å². The third kappa shape index (κ3) is 50.1. The summed E-state index contributed by atoms with van der Waals surface area (Å²) in [6, 6.07) is 0. The van der Waals surface area contributed by atoms with Gasteiger partial charge in [0.2, 0.25) is 0 Å². The van der Waals surface area contributed by atoms with Crippen LogP contribution >= 0.6 is 0 Å². The molecule has 0 aromatic rings. The molecule has 0 aliphatic heterocycles. The van der Waals surface area contributed by atoms with E-state index in [1.54, 1.807) is 0 Å². The van der Waals surface area contributed by atoms with Crippen molar-refractivity contribution in [1.82, 2.24) is 0 Å². The number of aliphatic hydroxyl groups is 2. The van der Waals surface area contributed by atoms with E-state index in [4.69, 9.17) is 10.2 Å². The Morgan fingerprint density at radius 3 is 1.42 bits per heavy atom. The van der Waals surface area contributed by atoms with Crippen LogP contribution in [0.4, 0.5) is 0 Å². The molecule has 0 aromatic carbocycles. The third-order valence-electron chi connectivity index (χ3n) is 0.403. The summed E-state index contributed by atoms with van der Waals surface area (Å²) in [5.74, 6) is 0. The molecule has 76 valence electrons. The molecular formula is C5H14O6Ti-2. The SMILES string of the molecule is C=CO.COC(O)OC.[OH-].[OH-].[Ti]. The Morgan fingerprint density at radius 2 is 1.42 bits per heavy atom. The number of rotatable bonds is 2. The van der Waals surface area contributed by atoms with Crippen molar-refractivity contribution in [3.8, 4) is 0 Å². The summed E-state index contributed by atoms with van der Waals surface area (Å²) in [5, 5.41) is 15.6. The van der Waals surface area contributed by atoms with Gasteiger partial charge in [0.25, 0.3) is 6.48 Å². The molecule has 0 radical (unpaired) electrons. The van der Waals surface area contributed by atoms with Crippen molar-refractivity contribution in [2.24, 2.45) is 0 Å². The fraction of sp³-hybridized carbons (Fsp3) is 0.600. The standard InChI is InChI=1S/C3H8O3.C2H4O.2H2O.Ti/c1-5-3(4)6-2;1-2-3;;;/h3-4H,1-2H3;2-3H,1H2;2*1H2;/p-2. The number of aliphatic hydroxyl groups excluding tert-OH is 2. The van der Waals surface area contributed by atoms with Crippen molar-refractivity contribution in [2.45, 2.75) is 6.48 Å². The molecule has 0 bridgehead atoms. The van der Waals surface area contributed by atoms with Crippen LogP contribution in [0.3, 0.4) is 0 Å². The van der Waals surface area contributed by atoms with E-state index in [0.29, 0.717) is 0 Å². The monoisotopic (exact) mass is 218 g/mol. The smallest absolute Gasteiger partial charge is 0.268 e. The molecule has 0 aliphatic carbocycles. The molecule has 0 saturated heterocycles. The van der Waals surface area contributed by atoms with Crippen LogP contribution in [-0.4, -0.2) is 41.9 Å². The second kappa shape index (κ2) is 30.5. The van der Waals surface area contributed by atoms with Crippen molar-refractivity contribution in [2.75, 3.05) is 14.2 Å². The van der Waals surface area contributed by atoms with Crippen LogP contribution in [0, 0.1) is 0 Å². The normalized spacial score (nSPS) is 6.00. The first-order valence-corrected chi connectivity index (χ1v) is 2.21. The minimum atomic E-state index is -1.06. The maximum atomic E-state index is 8.22. The summed E-state index contributed by atoms with van der Waals surface area (Å²) in [6.45, 7) is 1.85. The van der Waals surface area contributed by atoms with Crippen LogP contribution in [0.15, 0.2) is 12.8 Å². The number of hydrogen-bond donors (Lipinski definition) is 2. The van der Waals surface area contributed by atoms with E-state index in [0.717, 1.165) is 6.26 Å². The van der Waals surface area contributed by atoms with Gasteiger partial charge < -0.3 is 30.6 Å². The third-order valence-corrected chi connectivity index (χ3v) is 0.403. The van der Waals surface area contributed by atoms with Gasteiger partial charge in [0.05, 0.1) is 6.26 Å². The fourth-order valence-corrected chi connectivity index (χ4v) is 0.0962. The van der Waals surface area contributed by atoms with Crippen LogP contribution < -0.4 is 0 Å². The predicted octanol–water partition coefficient (Wildman–Crippen LogP) is -0.113. The number of methoxy groups -OCH3 is 2. The second-order valence-electron chi connectivity index (χ2n) is 0.961. The van der Waals surface area contributed by atoms with Crippen molar-refractivity contribution in [3.05, 3.63) is 12.8 Å². The molecule has 0 unspecified atom stereocenters. The predicted molar refractivity (Wildman–Crippen MR) is 36.7 cm³/mol. The van der Waals surface area contributed by atoms with Gasteiger partial charge in [-0.3, -0.25) is 0 Å². The Labute approximate surface area is 86.3 Å². The maximum absolute atomic E-state index is 8.22. The Hall–Kier alpha value is 0.0543. The summed E-state index contributed by atoms with van der Waals surface area (Å²) >= 11 is 0. The molecular weight excluding hydrogens is 204 g/mol. The van der Waals surface area contributed by atoms with E-state index in [2.05, 4.69) is 16.1 Å². The zero-order valence-electron chi connectivity index (χ0n) is 6.97. The van der Waals surface area contributed by atoms with Gasteiger partial charge in [0, 0.05) is 35.9 Å². The Balaban J connectivity index is -0.0000000246. The quantitative estimate of drug-likeness (QED) is 0.379. The van der Waals surface area contributed by atoms with E-state index in [1.807, 2.05) is 0 Å². The molecule has 4 N–H and O–H groups in total. The van der Waals surface area contributed by atoms with Crippen molar-refractivity contribution < 1.29 is 52.4 Å². The topological polar surface area (TPSA) is 119 Å². The van der Waals surface area contributed by atoms with E-state index >= 15 is 0 Å². The molecule has 7 heteroatoms. The summed E-state index contributed by atoms with van der Waals surface area (Å²) in [5.41, 5.74) is 0. The molecule has 0 fully saturated rings. The summed E-state index contributed by atoms with van der Waals surface area (Å²) < 4.78 is 8.47. The van der Waals surface area contributed by atoms with E-state index in [9.17, 15) is 0 Å². The molecule has 0 rings (SSSR count). The first-order valence-electron chi connectivity index (χ1n) is 2.21. The van der Waals surface area contributed by atoms with Crippen LogP contribution in [0.1, 0.15) is 0 Å². The Morgan fingerprint density at radius 1 is 1.25 bits per heavy atom. The van der Waals surface area contributed by atoms with Gasteiger partial charge in [0.1, 0.15) is 0 Å². The van der Waals surface area contributed by atoms with Crippen molar-refractivity contribution >= 4 is 0 Å². The van der Waals surface area contributed by atoms with Crippen LogP contribution in [0.25, 0.3) is 0 Å². The van der Waals surface area contributed by atoms with Gasteiger partial charge in [-0.05, 0) is 0 Å². The molecule has 0 atom stereocenters. The summed E-state index contributed by atoms with van der Waals surface area (Å²) in [7, 11) is 2.71. The molecule has 12 heavy (non-hydrogen) atoms. The van der Waals surface area contributed by atoms with Crippen LogP contribution in [0.5, 0.6) is 0 Å². The minimum absolute atomic E-state index is 0. The Kier molecular flexibility index (Phi) is 75.2. The number of ether oxygens (including phenoxy) is 2. The first-order chi connectivity index (χ1) is 4.22. The molecule has 0 amide bonds. The molecule has 0 heterocycles. The van der Waals surface area contributed by atoms with Gasteiger partial charge in [-0.1, -0.05) is 6.58 Å². The zero-order chi connectivity index (χ0) is 7.70. The molecule has 0 aromatic heterocycles. The van der Waals surface area contributed by atoms with Crippen LogP contribution in [-0.2, 0) is 31.2 Å². The molecule has 6 nitrogen and oxygen atoms in total. The van der Waals surface area contributed by atoms with E-state index in [-0.39, 0.29) is 32.7 Å². The van der Waals surface area contributed by atoms with Gasteiger partial charge in [-0.25, -0.2) is 0 Å². The maximum Gasteiger partial charge on any atom is 0.268 e. The second-order valence-corrected chi connectivity index (χ2v) is 0.961. The zero-order valence-corrected chi connectivity index (χ0v) is 8.53. The van der Waals surface area contributed by atoms with Gasteiger partial charge in [-0.2, -0.15) is 0 Å². The van der Waals surface area contributed by atoms with E-state index < -0.39 is 6.48 Å². The average molecular weight is 218 g/mol. The molecule has 0 saturated carbocycles. The van der Waals surface area contributed by atoms with E-state index in [1.165, 1.54) is 14.2 Å². The van der Waals surface area contributed by atoms with Gasteiger partial charge in [-0.15, -0.1) is 0 Å². The van der Waals surface area contributed by atoms with Crippen molar-refractivity contribution in [1.29, 1.82) is 0 Å². The summed E-state index contributed by atoms with van der Waals surface area (Å²) in [6.07, 6.45) is 0.750. The average Bonchev–Trinajstić information content (AvgIpc) is 1.88. The fourth-order valence-electron chi connectivity index (χ4n) is 0.0962. The van der Waals surface area contributed by atoms with Crippen LogP contribution in [0.2, 0.25) is 0 Å². The first kappa shape index (κ1) is 29.6. The minimum Gasteiger partial charge on any atom is -0.870 e. The summed E-state index contributed by atoms with van der Waals surface area (Å²) in [4.78, 5) is 0. The van der Waals surface area contributed by atoms with Gasteiger partial charge >= 0.3 is 0 Å².